The van der Waals surface area contributed by atoms with Gasteiger partial charge >= 0.3 is 0 Å². The molecule has 0 fully saturated rings. The molecule has 0 amide bonds. The van der Waals surface area contributed by atoms with Crippen molar-refractivity contribution in [2.45, 2.75) is 26.9 Å². The van der Waals surface area contributed by atoms with E-state index in [0.717, 1.165) is 13.1 Å². The van der Waals surface area contributed by atoms with Gasteiger partial charge in [-0.15, -0.1) is 11.3 Å². The van der Waals surface area contributed by atoms with Gasteiger partial charge < -0.3 is 10.2 Å². The molecule has 0 atom stereocenters. The standard InChI is InChI=1S/C16H22N2S/c1-12-9-15(13(2)19-12)10-17-16-8-6-5-7-14(16)11-18(3)4/h5-9,17H,10-11H2,1-4H3. The molecule has 0 saturated carbocycles. The Bertz CT molecular complexity index is 543. The maximum absolute atomic E-state index is 3.57. The second-order valence-corrected chi connectivity index (χ2v) is 6.65. The molecule has 0 bridgehead atoms. The van der Waals surface area contributed by atoms with Crippen molar-refractivity contribution in [3.8, 4) is 0 Å². The molecule has 2 nitrogen and oxygen atoms in total. The molecule has 1 heterocycles. The third-order valence-corrected chi connectivity index (χ3v) is 4.13. The summed E-state index contributed by atoms with van der Waals surface area (Å²) in [6.45, 7) is 6.23. The topological polar surface area (TPSA) is 15.3 Å². The highest BCUT2D eigenvalue weighted by atomic mass is 32.1. The van der Waals surface area contributed by atoms with Gasteiger partial charge in [0.25, 0.3) is 0 Å². The number of thiophene rings is 1. The van der Waals surface area contributed by atoms with E-state index in [1.54, 1.807) is 0 Å². The van der Waals surface area contributed by atoms with Crippen LogP contribution in [0, 0.1) is 13.8 Å². The Morgan fingerprint density at radius 3 is 2.47 bits per heavy atom. The second kappa shape index (κ2) is 6.22. The summed E-state index contributed by atoms with van der Waals surface area (Å²) in [6, 6.07) is 10.8. The van der Waals surface area contributed by atoms with Crippen molar-refractivity contribution < 1.29 is 0 Å². The van der Waals surface area contributed by atoms with Crippen LogP contribution in [0.5, 0.6) is 0 Å². The van der Waals surface area contributed by atoms with Crippen molar-refractivity contribution in [3.05, 3.63) is 51.2 Å². The van der Waals surface area contributed by atoms with Crippen molar-refractivity contribution in [1.82, 2.24) is 4.90 Å². The predicted molar refractivity (Wildman–Crippen MR) is 85.0 cm³/mol. The lowest BCUT2D eigenvalue weighted by atomic mass is 10.1. The fourth-order valence-corrected chi connectivity index (χ4v) is 3.17. The molecule has 1 aromatic carbocycles. The van der Waals surface area contributed by atoms with Crippen LogP contribution in [0.25, 0.3) is 0 Å². The molecular formula is C16H22N2S. The Morgan fingerprint density at radius 2 is 1.84 bits per heavy atom. The molecule has 0 radical (unpaired) electrons. The summed E-state index contributed by atoms with van der Waals surface area (Å²) in [5.41, 5.74) is 3.98. The summed E-state index contributed by atoms with van der Waals surface area (Å²) < 4.78 is 0. The van der Waals surface area contributed by atoms with E-state index in [1.807, 2.05) is 11.3 Å². The van der Waals surface area contributed by atoms with Crippen LogP contribution >= 0.6 is 11.3 Å². The zero-order valence-corrected chi connectivity index (χ0v) is 13.0. The highest BCUT2D eigenvalue weighted by molar-refractivity contribution is 7.12. The van der Waals surface area contributed by atoms with E-state index in [0.29, 0.717) is 0 Å². The second-order valence-electron chi connectivity index (χ2n) is 5.19. The molecule has 0 aliphatic carbocycles. The lowest BCUT2D eigenvalue weighted by molar-refractivity contribution is 0.403. The highest BCUT2D eigenvalue weighted by Crippen LogP contribution is 2.23. The van der Waals surface area contributed by atoms with Crippen LogP contribution in [0.3, 0.4) is 0 Å². The average Bonchev–Trinajstić information content (AvgIpc) is 2.66. The summed E-state index contributed by atoms with van der Waals surface area (Å²) in [6.07, 6.45) is 0. The van der Waals surface area contributed by atoms with Crippen LogP contribution in [-0.4, -0.2) is 19.0 Å². The fourth-order valence-electron chi connectivity index (χ4n) is 2.22. The maximum atomic E-state index is 3.57. The van der Waals surface area contributed by atoms with Crippen molar-refractivity contribution >= 4 is 17.0 Å². The third-order valence-electron chi connectivity index (χ3n) is 3.12. The van der Waals surface area contributed by atoms with Gasteiger partial charge in [-0.1, -0.05) is 18.2 Å². The Hall–Kier alpha value is -1.32. The number of hydrogen-bond donors (Lipinski definition) is 1. The van der Waals surface area contributed by atoms with E-state index in [9.17, 15) is 0 Å². The van der Waals surface area contributed by atoms with Gasteiger partial charge in [0.15, 0.2) is 0 Å². The molecule has 102 valence electrons. The summed E-state index contributed by atoms with van der Waals surface area (Å²) >= 11 is 1.87. The highest BCUT2D eigenvalue weighted by Gasteiger charge is 2.05. The molecule has 0 aliphatic rings. The van der Waals surface area contributed by atoms with Crippen molar-refractivity contribution in [1.29, 1.82) is 0 Å². The van der Waals surface area contributed by atoms with E-state index in [2.05, 4.69) is 68.5 Å². The Balaban J connectivity index is 2.09. The predicted octanol–water partition coefficient (Wildman–Crippen LogP) is 4.04. The van der Waals surface area contributed by atoms with Crippen LogP contribution in [0.2, 0.25) is 0 Å². The quantitative estimate of drug-likeness (QED) is 0.885. The maximum Gasteiger partial charge on any atom is 0.0411 e. The van der Waals surface area contributed by atoms with Gasteiger partial charge in [-0.25, -0.2) is 0 Å². The Morgan fingerprint density at radius 1 is 1.11 bits per heavy atom. The molecule has 0 aliphatic heterocycles. The van der Waals surface area contributed by atoms with Gasteiger partial charge in [0.2, 0.25) is 0 Å². The summed E-state index contributed by atoms with van der Waals surface area (Å²) in [5, 5.41) is 3.57. The van der Waals surface area contributed by atoms with Crippen LogP contribution < -0.4 is 5.32 Å². The van der Waals surface area contributed by atoms with E-state index in [4.69, 9.17) is 0 Å². The normalized spacial score (nSPS) is 11.0. The minimum atomic E-state index is 0.903. The number of anilines is 1. The first-order chi connectivity index (χ1) is 9.06. The molecule has 1 N–H and O–H groups in total. The SMILES string of the molecule is Cc1cc(CNc2ccccc2CN(C)C)c(C)s1. The summed E-state index contributed by atoms with van der Waals surface area (Å²) in [5.74, 6) is 0. The van der Waals surface area contributed by atoms with E-state index < -0.39 is 0 Å². The first kappa shape index (κ1) is 14.1. The Kier molecular flexibility index (Phi) is 4.61. The van der Waals surface area contributed by atoms with E-state index >= 15 is 0 Å². The average molecular weight is 274 g/mol. The summed E-state index contributed by atoms with van der Waals surface area (Å²) in [4.78, 5) is 4.99. The van der Waals surface area contributed by atoms with Gasteiger partial charge in [0.05, 0.1) is 0 Å². The van der Waals surface area contributed by atoms with Crippen LogP contribution in [0.15, 0.2) is 30.3 Å². The van der Waals surface area contributed by atoms with Gasteiger partial charge in [-0.3, -0.25) is 0 Å². The lowest BCUT2D eigenvalue weighted by Crippen LogP contribution is -2.12. The zero-order valence-electron chi connectivity index (χ0n) is 12.2. The number of nitrogens with one attached hydrogen (secondary N) is 1. The van der Waals surface area contributed by atoms with Crippen LogP contribution in [0.1, 0.15) is 20.9 Å². The molecule has 2 aromatic rings. The summed E-state index contributed by atoms with van der Waals surface area (Å²) in [7, 11) is 4.20. The third kappa shape index (κ3) is 3.82. The number of nitrogens with zero attached hydrogens (tertiary/aromatic N) is 1. The van der Waals surface area contributed by atoms with Gasteiger partial charge in [0.1, 0.15) is 0 Å². The molecule has 19 heavy (non-hydrogen) atoms. The van der Waals surface area contributed by atoms with Gasteiger partial charge in [0, 0.05) is 28.5 Å². The minimum absolute atomic E-state index is 0.903. The zero-order chi connectivity index (χ0) is 13.8. The van der Waals surface area contributed by atoms with Crippen LogP contribution in [0.4, 0.5) is 5.69 Å². The lowest BCUT2D eigenvalue weighted by Gasteiger charge is -2.15. The fraction of sp³-hybridized carbons (Fsp3) is 0.375. The number of hydrogen-bond acceptors (Lipinski definition) is 3. The first-order valence-electron chi connectivity index (χ1n) is 6.58. The minimum Gasteiger partial charge on any atom is -0.381 e. The van der Waals surface area contributed by atoms with E-state index in [1.165, 1.54) is 26.6 Å². The van der Waals surface area contributed by atoms with Crippen molar-refractivity contribution in [2.75, 3.05) is 19.4 Å². The number of rotatable bonds is 5. The molecule has 2 rings (SSSR count). The molecule has 0 saturated heterocycles. The smallest absolute Gasteiger partial charge is 0.0411 e. The largest absolute Gasteiger partial charge is 0.381 e. The Labute approximate surface area is 120 Å². The van der Waals surface area contributed by atoms with Gasteiger partial charge in [-0.05, 0) is 51.2 Å². The number of aryl methyl sites for hydroxylation is 2. The van der Waals surface area contributed by atoms with Crippen molar-refractivity contribution in [2.24, 2.45) is 0 Å². The number of para-hydroxylation sites is 1. The van der Waals surface area contributed by atoms with Crippen LogP contribution in [-0.2, 0) is 13.1 Å². The van der Waals surface area contributed by atoms with E-state index in [-0.39, 0.29) is 0 Å². The molecule has 3 heteroatoms. The van der Waals surface area contributed by atoms with Gasteiger partial charge in [-0.2, -0.15) is 0 Å². The van der Waals surface area contributed by atoms with Crippen molar-refractivity contribution in [3.63, 3.8) is 0 Å². The molecule has 0 spiro atoms. The number of benzene rings is 1. The first-order valence-corrected chi connectivity index (χ1v) is 7.40. The monoisotopic (exact) mass is 274 g/mol. The molecular weight excluding hydrogens is 252 g/mol. The molecule has 0 unspecified atom stereocenters. The molecule has 1 aromatic heterocycles.